The van der Waals surface area contributed by atoms with Crippen molar-refractivity contribution < 1.29 is 9.90 Å². The third kappa shape index (κ3) is 3.10. The lowest BCUT2D eigenvalue weighted by Crippen LogP contribution is -2.33. The minimum Gasteiger partial charge on any atom is -0.480 e. The zero-order valence-corrected chi connectivity index (χ0v) is 8.19. The molecule has 0 aliphatic carbocycles. The quantitative estimate of drug-likeness (QED) is 0.725. The van der Waals surface area contributed by atoms with E-state index in [0.29, 0.717) is 6.54 Å². The van der Waals surface area contributed by atoms with Crippen LogP contribution < -0.4 is 5.32 Å². The lowest BCUT2D eigenvalue weighted by atomic mass is 10.3. The van der Waals surface area contributed by atoms with Gasteiger partial charge in [0.1, 0.15) is 6.04 Å². The number of nitrogens with zero attached hydrogens (tertiary/aromatic N) is 2. The first-order valence-electron chi connectivity index (χ1n) is 4.33. The molecule has 76 valence electrons. The summed E-state index contributed by atoms with van der Waals surface area (Å²) in [5, 5.41) is 11.4. The monoisotopic (exact) mass is 195 g/mol. The number of carboxylic acids is 1. The number of hydrogen-bond acceptors (Lipinski definition) is 4. The first-order chi connectivity index (χ1) is 6.59. The molecule has 1 atom stereocenters. The lowest BCUT2D eigenvalue weighted by molar-refractivity contribution is -0.139. The van der Waals surface area contributed by atoms with Crippen molar-refractivity contribution in [1.29, 1.82) is 0 Å². The molecular formula is C9H13N3O2. The van der Waals surface area contributed by atoms with E-state index >= 15 is 0 Å². The molecule has 1 aromatic heterocycles. The first-order valence-corrected chi connectivity index (χ1v) is 4.33. The van der Waals surface area contributed by atoms with E-state index in [-0.39, 0.29) is 0 Å². The average Bonchev–Trinajstić information content (AvgIpc) is 2.16. The molecule has 0 amide bonds. The molecule has 5 heteroatoms. The summed E-state index contributed by atoms with van der Waals surface area (Å²) in [6, 6.07) is -0.571. The normalized spacial score (nSPS) is 12.4. The highest BCUT2D eigenvalue weighted by molar-refractivity contribution is 5.72. The van der Waals surface area contributed by atoms with E-state index in [1.807, 2.05) is 6.92 Å². The minimum absolute atomic E-state index is 0.417. The zero-order chi connectivity index (χ0) is 10.6. The number of hydrogen-bond donors (Lipinski definition) is 2. The van der Waals surface area contributed by atoms with Gasteiger partial charge in [0.2, 0.25) is 0 Å². The summed E-state index contributed by atoms with van der Waals surface area (Å²) >= 11 is 0. The molecule has 0 saturated carbocycles. The van der Waals surface area contributed by atoms with Crippen LogP contribution in [0.25, 0.3) is 0 Å². The Morgan fingerprint density at radius 2 is 2.29 bits per heavy atom. The fourth-order valence-corrected chi connectivity index (χ4v) is 0.856. The van der Waals surface area contributed by atoms with Gasteiger partial charge < -0.3 is 5.11 Å². The number of carboxylic acid groups (broad SMARTS) is 1. The molecule has 14 heavy (non-hydrogen) atoms. The second kappa shape index (κ2) is 4.66. The van der Waals surface area contributed by atoms with E-state index < -0.39 is 12.0 Å². The fourth-order valence-electron chi connectivity index (χ4n) is 0.856. The highest BCUT2D eigenvalue weighted by Crippen LogP contribution is 1.94. The first kappa shape index (κ1) is 10.6. The third-order valence-corrected chi connectivity index (χ3v) is 1.79. The van der Waals surface area contributed by atoms with E-state index in [9.17, 15) is 4.79 Å². The van der Waals surface area contributed by atoms with Gasteiger partial charge in [-0.15, -0.1) is 0 Å². The molecule has 1 rings (SSSR count). The van der Waals surface area contributed by atoms with Crippen molar-refractivity contribution in [1.82, 2.24) is 15.3 Å². The second-order valence-corrected chi connectivity index (χ2v) is 3.09. The van der Waals surface area contributed by atoms with Crippen molar-refractivity contribution in [2.45, 2.75) is 26.4 Å². The van der Waals surface area contributed by atoms with E-state index in [1.54, 1.807) is 19.3 Å². The molecule has 0 saturated heterocycles. The van der Waals surface area contributed by atoms with Crippen LogP contribution >= 0.6 is 0 Å². The van der Waals surface area contributed by atoms with Crippen LogP contribution in [0.3, 0.4) is 0 Å². The van der Waals surface area contributed by atoms with Gasteiger partial charge in [-0.25, -0.2) is 0 Å². The molecular weight excluding hydrogens is 182 g/mol. The summed E-state index contributed by atoms with van der Waals surface area (Å²) in [6.45, 7) is 3.86. The molecule has 1 aromatic rings. The second-order valence-electron chi connectivity index (χ2n) is 3.09. The summed E-state index contributed by atoms with van der Waals surface area (Å²) in [7, 11) is 0. The van der Waals surface area contributed by atoms with Gasteiger partial charge >= 0.3 is 5.97 Å². The summed E-state index contributed by atoms with van der Waals surface area (Å²) in [5.74, 6) is -0.870. The minimum atomic E-state index is -0.870. The Morgan fingerprint density at radius 3 is 2.79 bits per heavy atom. The number of carbonyl (C=O) groups is 1. The Kier molecular flexibility index (Phi) is 3.53. The van der Waals surface area contributed by atoms with Gasteiger partial charge in [0, 0.05) is 18.9 Å². The van der Waals surface area contributed by atoms with Gasteiger partial charge in [0.25, 0.3) is 0 Å². The maximum Gasteiger partial charge on any atom is 0.320 e. The molecule has 0 bridgehead atoms. The predicted molar refractivity (Wildman–Crippen MR) is 50.7 cm³/mol. The largest absolute Gasteiger partial charge is 0.480 e. The summed E-state index contributed by atoms with van der Waals surface area (Å²) < 4.78 is 0. The van der Waals surface area contributed by atoms with Crippen LogP contribution in [0.2, 0.25) is 0 Å². The molecule has 0 spiro atoms. The molecule has 0 radical (unpaired) electrons. The Bertz CT molecular complexity index is 310. The Balaban J connectivity index is 2.46. The lowest BCUT2D eigenvalue weighted by Gasteiger charge is -2.07. The highest BCUT2D eigenvalue weighted by atomic mass is 16.4. The van der Waals surface area contributed by atoms with Gasteiger partial charge in [-0.2, -0.15) is 0 Å². The van der Waals surface area contributed by atoms with Crippen LogP contribution in [0.4, 0.5) is 0 Å². The van der Waals surface area contributed by atoms with Crippen LogP contribution in [-0.2, 0) is 11.3 Å². The molecule has 5 nitrogen and oxygen atoms in total. The standard InChI is InChI=1S/C9H13N3O2/c1-6-3-12-8(4-10-6)5-11-7(2)9(13)14/h3-4,7,11H,5H2,1-2H3,(H,13,14). The molecule has 0 aliphatic rings. The maximum atomic E-state index is 10.5. The average molecular weight is 195 g/mol. The highest BCUT2D eigenvalue weighted by Gasteiger charge is 2.09. The van der Waals surface area contributed by atoms with Crippen molar-refractivity contribution >= 4 is 5.97 Å². The van der Waals surface area contributed by atoms with E-state index in [2.05, 4.69) is 15.3 Å². The van der Waals surface area contributed by atoms with Gasteiger partial charge in [-0.3, -0.25) is 20.1 Å². The van der Waals surface area contributed by atoms with Crippen LogP contribution in [0, 0.1) is 6.92 Å². The molecule has 0 aromatic carbocycles. The van der Waals surface area contributed by atoms with Crippen molar-refractivity contribution in [3.63, 3.8) is 0 Å². The number of nitrogens with one attached hydrogen (secondary N) is 1. The maximum absolute atomic E-state index is 10.5. The van der Waals surface area contributed by atoms with Crippen molar-refractivity contribution in [2.24, 2.45) is 0 Å². The van der Waals surface area contributed by atoms with Gasteiger partial charge in [-0.1, -0.05) is 0 Å². The van der Waals surface area contributed by atoms with Crippen LogP contribution in [-0.4, -0.2) is 27.1 Å². The van der Waals surface area contributed by atoms with Gasteiger partial charge in [0.05, 0.1) is 11.4 Å². The van der Waals surface area contributed by atoms with Crippen LogP contribution in [0.15, 0.2) is 12.4 Å². The van der Waals surface area contributed by atoms with Crippen molar-refractivity contribution in [3.05, 3.63) is 23.8 Å². The van der Waals surface area contributed by atoms with Gasteiger partial charge in [0.15, 0.2) is 0 Å². The third-order valence-electron chi connectivity index (χ3n) is 1.79. The van der Waals surface area contributed by atoms with Crippen LogP contribution in [0.1, 0.15) is 18.3 Å². The molecule has 0 aliphatic heterocycles. The number of aliphatic carboxylic acids is 1. The van der Waals surface area contributed by atoms with E-state index in [4.69, 9.17) is 5.11 Å². The SMILES string of the molecule is Cc1cnc(CNC(C)C(=O)O)cn1. The number of aromatic nitrogens is 2. The Morgan fingerprint density at radius 1 is 1.57 bits per heavy atom. The van der Waals surface area contributed by atoms with Crippen molar-refractivity contribution in [2.75, 3.05) is 0 Å². The predicted octanol–water partition coefficient (Wildman–Crippen LogP) is 0.348. The summed E-state index contributed by atoms with van der Waals surface area (Å²) in [5.41, 5.74) is 1.59. The number of rotatable bonds is 4. The van der Waals surface area contributed by atoms with Crippen molar-refractivity contribution in [3.8, 4) is 0 Å². The Hall–Kier alpha value is -1.49. The molecule has 2 N–H and O–H groups in total. The smallest absolute Gasteiger partial charge is 0.320 e. The molecule has 1 heterocycles. The summed E-state index contributed by atoms with van der Waals surface area (Å²) in [6.07, 6.45) is 3.29. The topological polar surface area (TPSA) is 75.1 Å². The summed E-state index contributed by atoms with van der Waals surface area (Å²) in [4.78, 5) is 18.6. The molecule has 0 fully saturated rings. The van der Waals surface area contributed by atoms with E-state index in [1.165, 1.54) is 0 Å². The van der Waals surface area contributed by atoms with E-state index in [0.717, 1.165) is 11.4 Å². The zero-order valence-electron chi connectivity index (χ0n) is 8.19. The fraction of sp³-hybridized carbons (Fsp3) is 0.444. The molecule has 1 unspecified atom stereocenters. The van der Waals surface area contributed by atoms with Gasteiger partial charge in [-0.05, 0) is 13.8 Å². The number of aryl methyl sites for hydroxylation is 1. The Labute approximate surface area is 82.2 Å². The van der Waals surface area contributed by atoms with Crippen LogP contribution in [0.5, 0.6) is 0 Å².